The molecule has 1 heterocycles. The topological polar surface area (TPSA) is 41.5 Å². The van der Waals surface area contributed by atoms with Crippen molar-refractivity contribution in [3.8, 4) is 0 Å². The quantitative estimate of drug-likeness (QED) is 0.797. The molecule has 92 valence electrons. The Kier molecular flexibility index (Phi) is 3.14. The van der Waals surface area contributed by atoms with Crippen molar-refractivity contribution in [2.45, 2.75) is 37.5 Å². The van der Waals surface area contributed by atoms with Crippen LogP contribution in [0.2, 0.25) is 0 Å². The molecule has 0 amide bonds. The average molecular weight is 233 g/mol. The Morgan fingerprint density at radius 2 is 2.00 bits per heavy atom. The van der Waals surface area contributed by atoms with E-state index in [0.717, 1.165) is 19.3 Å². The number of rotatable bonds is 2. The maximum absolute atomic E-state index is 9.73. The Morgan fingerprint density at radius 1 is 1.18 bits per heavy atom. The summed E-state index contributed by atoms with van der Waals surface area (Å²) < 4.78 is 5.27. The standard InChI is InChI=1S/C14H19NO2/c16-14-9-17-8-13(14)15-12-6-5-10-3-1-2-4-11(10)7-12/h1-4,12-16H,5-9H2. The molecule has 1 aliphatic heterocycles. The molecule has 3 nitrogen and oxygen atoms in total. The zero-order chi connectivity index (χ0) is 11.7. The van der Waals surface area contributed by atoms with Gasteiger partial charge in [0, 0.05) is 6.04 Å². The van der Waals surface area contributed by atoms with E-state index in [0.29, 0.717) is 19.3 Å². The van der Waals surface area contributed by atoms with Gasteiger partial charge >= 0.3 is 0 Å². The molecule has 1 saturated heterocycles. The fourth-order valence-corrected chi connectivity index (χ4v) is 2.84. The van der Waals surface area contributed by atoms with Gasteiger partial charge in [-0.25, -0.2) is 0 Å². The second kappa shape index (κ2) is 4.77. The molecule has 0 bridgehead atoms. The molecule has 0 radical (unpaired) electrons. The van der Waals surface area contributed by atoms with Crippen molar-refractivity contribution in [3.05, 3.63) is 35.4 Å². The molecule has 3 heteroatoms. The van der Waals surface area contributed by atoms with Crippen molar-refractivity contribution >= 4 is 0 Å². The van der Waals surface area contributed by atoms with Gasteiger partial charge in [0.05, 0.1) is 25.4 Å². The van der Waals surface area contributed by atoms with Crippen LogP contribution in [0.5, 0.6) is 0 Å². The van der Waals surface area contributed by atoms with Crippen LogP contribution < -0.4 is 5.32 Å². The minimum atomic E-state index is -0.341. The number of aliphatic hydroxyl groups excluding tert-OH is 1. The van der Waals surface area contributed by atoms with E-state index in [9.17, 15) is 5.11 Å². The second-order valence-corrected chi connectivity index (χ2v) is 5.09. The number of ether oxygens (including phenoxy) is 1. The molecule has 0 aromatic heterocycles. The van der Waals surface area contributed by atoms with Crippen molar-refractivity contribution in [2.75, 3.05) is 13.2 Å². The van der Waals surface area contributed by atoms with Crippen LogP contribution in [0.25, 0.3) is 0 Å². The SMILES string of the molecule is OC1COCC1NC1CCc2ccccc2C1. The molecule has 1 aromatic carbocycles. The van der Waals surface area contributed by atoms with Crippen LogP contribution in [0.1, 0.15) is 17.5 Å². The first-order chi connectivity index (χ1) is 8.33. The van der Waals surface area contributed by atoms with E-state index in [1.807, 2.05) is 0 Å². The van der Waals surface area contributed by atoms with Crippen molar-refractivity contribution in [2.24, 2.45) is 0 Å². The van der Waals surface area contributed by atoms with E-state index in [1.54, 1.807) is 0 Å². The molecule has 1 aromatic rings. The van der Waals surface area contributed by atoms with E-state index in [1.165, 1.54) is 11.1 Å². The van der Waals surface area contributed by atoms with Gasteiger partial charge in [0.1, 0.15) is 0 Å². The maximum Gasteiger partial charge on any atom is 0.0948 e. The number of aliphatic hydroxyl groups is 1. The predicted molar refractivity (Wildman–Crippen MR) is 66.0 cm³/mol. The third-order valence-electron chi connectivity index (χ3n) is 3.85. The summed E-state index contributed by atoms with van der Waals surface area (Å²) in [5.41, 5.74) is 2.93. The first kappa shape index (κ1) is 11.2. The largest absolute Gasteiger partial charge is 0.389 e. The molecule has 3 unspecified atom stereocenters. The van der Waals surface area contributed by atoms with Crippen LogP contribution in [-0.4, -0.2) is 36.5 Å². The summed E-state index contributed by atoms with van der Waals surface area (Å²) in [5, 5.41) is 13.3. The highest BCUT2D eigenvalue weighted by Gasteiger charge is 2.29. The number of fused-ring (bicyclic) bond motifs is 1. The van der Waals surface area contributed by atoms with E-state index in [2.05, 4.69) is 29.6 Å². The van der Waals surface area contributed by atoms with Crippen LogP contribution in [0.3, 0.4) is 0 Å². The Morgan fingerprint density at radius 3 is 2.76 bits per heavy atom. The van der Waals surface area contributed by atoms with Crippen LogP contribution in [0, 0.1) is 0 Å². The fraction of sp³-hybridized carbons (Fsp3) is 0.571. The van der Waals surface area contributed by atoms with Gasteiger partial charge in [-0.1, -0.05) is 24.3 Å². The number of hydrogen-bond donors (Lipinski definition) is 2. The van der Waals surface area contributed by atoms with Gasteiger partial charge in [0.25, 0.3) is 0 Å². The summed E-state index contributed by atoms with van der Waals surface area (Å²) in [7, 11) is 0. The zero-order valence-corrected chi connectivity index (χ0v) is 9.93. The summed E-state index contributed by atoms with van der Waals surface area (Å²) in [5.74, 6) is 0. The Bertz CT molecular complexity index is 394. The third-order valence-corrected chi connectivity index (χ3v) is 3.85. The highest BCUT2D eigenvalue weighted by Crippen LogP contribution is 2.22. The highest BCUT2D eigenvalue weighted by atomic mass is 16.5. The normalized spacial score (nSPS) is 32.4. The van der Waals surface area contributed by atoms with Gasteiger partial charge in [0.2, 0.25) is 0 Å². The predicted octanol–water partition coefficient (Wildman–Crippen LogP) is 0.893. The molecule has 3 atom stereocenters. The van der Waals surface area contributed by atoms with Crippen molar-refractivity contribution < 1.29 is 9.84 Å². The summed E-state index contributed by atoms with van der Waals surface area (Å²) in [6.07, 6.45) is 3.02. The van der Waals surface area contributed by atoms with Crippen LogP contribution in [0.15, 0.2) is 24.3 Å². The third kappa shape index (κ3) is 2.37. The smallest absolute Gasteiger partial charge is 0.0948 e. The van der Waals surface area contributed by atoms with Gasteiger partial charge in [-0.15, -0.1) is 0 Å². The zero-order valence-electron chi connectivity index (χ0n) is 9.93. The molecule has 0 saturated carbocycles. The molecule has 0 spiro atoms. The van der Waals surface area contributed by atoms with Crippen LogP contribution in [0.4, 0.5) is 0 Å². The maximum atomic E-state index is 9.73. The molecular formula is C14H19NO2. The van der Waals surface area contributed by atoms with E-state index in [-0.39, 0.29) is 12.1 Å². The minimum Gasteiger partial charge on any atom is -0.389 e. The molecule has 2 aliphatic rings. The lowest BCUT2D eigenvalue weighted by Crippen LogP contribution is -2.47. The average Bonchev–Trinajstić information content (AvgIpc) is 2.75. The molecule has 1 fully saturated rings. The molecular weight excluding hydrogens is 214 g/mol. The van der Waals surface area contributed by atoms with Crippen LogP contribution in [-0.2, 0) is 17.6 Å². The molecule has 2 N–H and O–H groups in total. The Hall–Kier alpha value is -0.900. The number of nitrogens with one attached hydrogen (secondary N) is 1. The van der Waals surface area contributed by atoms with Crippen molar-refractivity contribution in [1.29, 1.82) is 0 Å². The van der Waals surface area contributed by atoms with E-state index < -0.39 is 0 Å². The molecule has 3 rings (SSSR count). The molecule has 17 heavy (non-hydrogen) atoms. The lowest BCUT2D eigenvalue weighted by atomic mass is 9.88. The van der Waals surface area contributed by atoms with E-state index >= 15 is 0 Å². The first-order valence-corrected chi connectivity index (χ1v) is 6.41. The lowest BCUT2D eigenvalue weighted by Gasteiger charge is -2.28. The fourth-order valence-electron chi connectivity index (χ4n) is 2.84. The first-order valence-electron chi connectivity index (χ1n) is 6.41. The summed E-state index contributed by atoms with van der Waals surface area (Å²) in [6.45, 7) is 1.11. The number of benzene rings is 1. The van der Waals surface area contributed by atoms with Gasteiger partial charge in [-0.2, -0.15) is 0 Å². The van der Waals surface area contributed by atoms with Gasteiger partial charge in [-0.05, 0) is 30.4 Å². The van der Waals surface area contributed by atoms with Crippen molar-refractivity contribution in [1.82, 2.24) is 5.32 Å². The monoisotopic (exact) mass is 233 g/mol. The Balaban J connectivity index is 1.64. The second-order valence-electron chi connectivity index (χ2n) is 5.09. The number of aryl methyl sites for hydroxylation is 1. The lowest BCUT2D eigenvalue weighted by molar-refractivity contribution is 0.121. The summed E-state index contributed by atoms with van der Waals surface area (Å²) in [4.78, 5) is 0. The van der Waals surface area contributed by atoms with Crippen LogP contribution >= 0.6 is 0 Å². The number of hydrogen-bond acceptors (Lipinski definition) is 3. The summed E-state index contributed by atoms with van der Waals surface area (Å²) in [6, 6.07) is 9.25. The van der Waals surface area contributed by atoms with Gasteiger partial charge in [-0.3, -0.25) is 0 Å². The minimum absolute atomic E-state index is 0.116. The van der Waals surface area contributed by atoms with E-state index in [4.69, 9.17) is 4.74 Å². The highest BCUT2D eigenvalue weighted by molar-refractivity contribution is 5.30. The van der Waals surface area contributed by atoms with Gasteiger partial charge < -0.3 is 15.2 Å². The molecule has 1 aliphatic carbocycles. The summed E-state index contributed by atoms with van der Waals surface area (Å²) >= 11 is 0. The van der Waals surface area contributed by atoms with Crippen molar-refractivity contribution in [3.63, 3.8) is 0 Å². The van der Waals surface area contributed by atoms with Gasteiger partial charge in [0.15, 0.2) is 0 Å². The Labute approximate surface area is 102 Å².